The average Bonchev–Trinajstić information content (AvgIpc) is 2.70. The predicted molar refractivity (Wildman–Crippen MR) is 114 cm³/mol. The number of hydrogen-bond acceptors (Lipinski definition) is 4. The molecule has 3 aromatic rings. The lowest BCUT2D eigenvalue weighted by atomic mass is 10.0. The van der Waals surface area contributed by atoms with Gasteiger partial charge in [-0.05, 0) is 53.7 Å². The fraction of sp³-hybridized carbons (Fsp3) is 0. The van der Waals surface area contributed by atoms with E-state index in [-0.39, 0.29) is 16.4 Å². The minimum absolute atomic E-state index is 0.0972. The van der Waals surface area contributed by atoms with Gasteiger partial charge in [-0.2, -0.15) is 5.10 Å². The van der Waals surface area contributed by atoms with E-state index in [0.717, 1.165) is 11.1 Å². The number of benzene rings is 3. The number of thiocarbonyl (C=S) groups is 1. The maximum atomic E-state index is 11.0. The standard InChI is InChI=1S/C21H17N3O3S/c25-19-12-15(14-5-2-1-3-6-14)9-10-17(19)13-22-24-21(28)23-18-8-4-7-16(11-18)20(26)27/h1-13,25H,(H,26,27)(H2,23,24,28)/b22-13+. The molecule has 0 aliphatic rings. The van der Waals surface area contributed by atoms with Crippen molar-refractivity contribution in [1.29, 1.82) is 0 Å². The molecule has 28 heavy (non-hydrogen) atoms. The van der Waals surface area contributed by atoms with Gasteiger partial charge in [0, 0.05) is 11.3 Å². The normalized spacial score (nSPS) is 10.6. The first-order valence-electron chi connectivity index (χ1n) is 8.35. The number of phenolic OH excluding ortho intramolecular Hbond substituents is 1. The first-order chi connectivity index (χ1) is 13.5. The van der Waals surface area contributed by atoms with Crippen molar-refractivity contribution in [3.8, 4) is 16.9 Å². The highest BCUT2D eigenvalue weighted by Gasteiger charge is 2.05. The smallest absolute Gasteiger partial charge is 0.335 e. The zero-order chi connectivity index (χ0) is 19.9. The molecule has 0 bridgehead atoms. The molecule has 0 heterocycles. The van der Waals surface area contributed by atoms with E-state index in [4.69, 9.17) is 17.3 Å². The second-order valence-corrected chi connectivity index (χ2v) is 6.26. The quantitative estimate of drug-likeness (QED) is 0.297. The van der Waals surface area contributed by atoms with Gasteiger partial charge in [0.05, 0.1) is 11.8 Å². The Balaban J connectivity index is 1.62. The van der Waals surface area contributed by atoms with Crippen LogP contribution >= 0.6 is 12.2 Å². The largest absolute Gasteiger partial charge is 0.507 e. The van der Waals surface area contributed by atoms with Gasteiger partial charge in [0.15, 0.2) is 5.11 Å². The molecule has 3 rings (SSSR count). The summed E-state index contributed by atoms with van der Waals surface area (Å²) in [5, 5.41) is 26.3. The fourth-order valence-electron chi connectivity index (χ4n) is 2.51. The van der Waals surface area contributed by atoms with Crippen LogP contribution in [0, 0.1) is 0 Å². The lowest BCUT2D eigenvalue weighted by Gasteiger charge is -2.08. The Kier molecular flexibility index (Phi) is 5.98. The van der Waals surface area contributed by atoms with E-state index in [1.54, 1.807) is 24.3 Å². The summed E-state index contributed by atoms with van der Waals surface area (Å²) in [4.78, 5) is 11.0. The van der Waals surface area contributed by atoms with E-state index in [1.165, 1.54) is 18.3 Å². The minimum atomic E-state index is -1.02. The van der Waals surface area contributed by atoms with Gasteiger partial charge in [-0.25, -0.2) is 4.79 Å². The summed E-state index contributed by atoms with van der Waals surface area (Å²) in [6.45, 7) is 0. The SMILES string of the molecule is O=C(O)c1cccc(NC(=S)N/N=C/c2ccc(-c3ccccc3)cc2O)c1. The molecule has 7 heteroatoms. The van der Waals surface area contributed by atoms with Crippen molar-refractivity contribution in [2.75, 3.05) is 5.32 Å². The Bertz CT molecular complexity index is 1040. The molecule has 0 fully saturated rings. The highest BCUT2D eigenvalue weighted by Crippen LogP contribution is 2.25. The Morgan fingerprint density at radius 2 is 1.75 bits per heavy atom. The Hall–Kier alpha value is -3.71. The molecular formula is C21H17N3O3S. The summed E-state index contributed by atoms with van der Waals surface area (Å²) in [6.07, 6.45) is 1.45. The number of hydrazone groups is 1. The van der Waals surface area contributed by atoms with Gasteiger partial charge in [-0.3, -0.25) is 5.43 Å². The average molecular weight is 391 g/mol. The van der Waals surface area contributed by atoms with Crippen LogP contribution in [0.4, 0.5) is 5.69 Å². The number of aromatic hydroxyl groups is 1. The molecule has 6 nitrogen and oxygen atoms in total. The van der Waals surface area contributed by atoms with Crippen LogP contribution in [0.25, 0.3) is 11.1 Å². The van der Waals surface area contributed by atoms with Crippen LogP contribution in [0.1, 0.15) is 15.9 Å². The van der Waals surface area contributed by atoms with Gasteiger partial charge >= 0.3 is 5.97 Å². The first-order valence-corrected chi connectivity index (χ1v) is 8.75. The zero-order valence-electron chi connectivity index (χ0n) is 14.7. The van der Waals surface area contributed by atoms with E-state index >= 15 is 0 Å². The second kappa shape index (κ2) is 8.79. The van der Waals surface area contributed by atoms with Crippen LogP contribution in [-0.2, 0) is 0 Å². The van der Waals surface area contributed by atoms with Crippen molar-refractivity contribution in [2.45, 2.75) is 0 Å². The van der Waals surface area contributed by atoms with Crippen LogP contribution in [-0.4, -0.2) is 27.5 Å². The third-order valence-corrected chi connectivity index (χ3v) is 4.07. The van der Waals surface area contributed by atoms with Crippen LogP contribution < -0.4 is 10.7 Å². The molecule has 140 valence electrons. The fourth-order valence-corrected chi connectivity index (χ4v) is 2.68. The molecule has 4 N–H and O–H groups in total. The van der Waals surface area contributed by atoms with Gasteiger partial charge < -0.3 is 15.5 Å². The van der Waals surface area contributed by atoms with Gasteiger partial charge in [-0.1, -0.05) is 42.5 Å². The summed E-state index contributed by atoms with van der Waals surface area (Å²) in [5.41, 5.74) is 5.76. The third kappa shape index (κ3) is 4.93. The van der Waals surface area contributed by atoms with Crippen molar-refractivity contribution >= 4 is 35.2 Å². The van der Waals surface area contributed by atoms with Crippen LogP contribution in [0.5, 0.6) is 5.75 Å². The Morgan fingerprint density at radius 1 is 0.964 bits per heavy atom. The number of rotatable bonds is 5. The zero-order valence-corrected chi connectivity index (χ0v) is 15.5. The van der Waals surface area contributed by atoms with Crippen molar-refractivity contribution in [1.82, 2.24) is 5.43 Å². The van der Waals surface area contributed by atoms with Gasteiger partial charge in [-0.15, -0.1) is 0 Å². The Labute approximate surface area is 167 Å². The number of aromatic carboxylic acids is 1. The molecular weight excluding hydrogens is 374 g/mol. The minimum Gasteiger partial charge on any atom is -0.507 e. The summed E-state index contributed by atoms with van der Waals surface area (Å²) in [7, 11) is 0. The van der Waals surface area contributed by atoms with Gasteiger partial charge in [0.2, 0.25) is 0 Å². The van der Waals surface area contributed by atoms with Crippen molar-refractivity contribution in [3.63, 3.8) is 0 Å². The molecule has 0 saturated heterocycles. The van der Waals surface area contributed by atoms with Crippen molar-refractivity contribution < 1.29 is 15.0 Å². The molecule has 0 unspecified atom stereocenters. The maximum Gasteiger partial charge on any atom is 0.335 e. The van der Waals surface area contributed by atoms with Crippen LogP contribution in [0.2, 0.25) is 0 Å². The molecule has 3 aromatic carbocycles. The van der Waals surface area contributed by atoms with Crippen molar-refractivity contribution in [3.05, 3.63) is 83.9 Å². The van der Waals surface area contributed by atoms with E-state index in [9.17, 15) is 9.90 Å². The lowest BCUT2D eigenvalue weighted by molar-refractivity contribution is 0.0697. The van der Waals surface area contributed by atoms with Gasteiger partial charge in [0.25, 0.3) is 0 Å². The predicted octanol–water partition coefficient (Wildman–Crippen LogP) is 4.08. The van der Waals surface area contributed by atoms with E-state index < -0.39 is 5.97 Å². The molecule has 0 atom stereocenters. The number of carboxylic acid groups (broad SMARTS) is 1. The molecule has 0 amide bonds. The van der Waals surface area contributed by atoms with Crippen molar-refractivity contribution in [2.24, 2.45) is 5.10 Å². The number of anilines is 1. The van der Waals surface area contributed by atoms with Gasteiger partial charge in [0.1, 0.15) is 5.75 Å². The van der Waals surface area contributed by atoms with Crippen LogP contribution in [0.3, 0.4) is 0 Å². The number of carboxylic acids is 1. The maximum absolute atomic E-state index is 11.0. The molecule has 0 aliphatic heterocycles. The third-order valence-electron chi connectivity index (χ3n) is 3.87. The lowest BCUT2D eigenvalue weighted by Crippen LogP contribution is -2.24. The second-order valence-electron chi connectivity index (χ2n) is 5.85. The topological polar surface area (TPSA) is 94.0 Å². The summed E-state index contributed by atoms with van der Waals surface area (Å²) in [6, 6.07) is 21.3. The monoisotopic (exact) mass is 391 g/mol. The Morgan fingerprint density at radius 3 is 2.46 bits per heavy atom. The van der Waals surface area contributed by atoms with E-state index in [0.29, 0.717) is 11.3 Å². The molecule has 0 saturated carbocycles. The number of nitrogens with one attached hydrogen (secondary N) is 2. The summed E-state index contributed by atoms with van der Waals surface area (Å²) in [5.74, 6) is -0.921. The number of carbonyl (C=O) groups is 1. The first kappa shape index (κ1) is 19.1. The van der Waals surface area contributed by atoms with E-state index in [1.807, 2.05) is 36.4 Å². The molecule has 0 spiro atoms. The highest BCUT2D eigenvalue weighted by molar-refractivity contribution is 7.80. The molecule has 0 aromatic heterocycles. The number of nitrogens with zero attached hydrogens (tertiary/aromatic N) is 1. The summed E-state index contributed by atoms with van der Waals surface area (Å²) < 4.78 is 0. The summed E-state index contributed by atoms with van der Waals surface area (Å²) >= 11 is 5.13. The molecule has 0 radical (unpaired) electrons. The van der Waals surface area contributed by atoms with Crippen LogP contribution in [0.15, 0.2) is 77.9 Å². The number of hydrogen-bond donors (Lipinski definition) is 4. The highest BCUT2D eigenvalue weighted by atomic mass is 32.1. The molecule has 0 aliphatic carbocycles. The number of phenols is 1. The van der Waals surface area contributed by atoms with E-state index in [2.05, 4.69) is 15.8 Å².